The van der Waals surface area contributed by atoms with E-state index in [1.54, 1.807) is 0 Å². The molecule has 18 heavy (non-hydrogen) atoms. The van der Waals surface area contributed by atoms with Crippen molar-refractivity contribution < 1.29 is 14.3 Å². The van der Waals surface area contributed by atoms with Gasteiger partial charge in [-0.15, -0.1) is 0 Å². The van der Waals surface area contributed by atoms with E-state index in [4.69, 9.17) is 0 Å². The standard InChI is InChI=1S/C13H16N2O3/c1-3-8-13(15-12(17)18-2)9-6-4-5-7-10(9)14-11(13)16/h4-7H,3,8H2,1-2H3,(H,14,16)(H,15,17). The van der Waals surface area contributed by atoms with Gasteiger partial charge in [0.2, 0.25) is 0 Å². The molecule has 96 valence electrons. The Kier molecular flexibility index (Phi) is 3.23. The molecule has 1 aliphatic rings. The van der Waals surface area contributed by atoms with Gasteiger partial charge in [0.1, 0.15) is 5.54 Å². The maximum Gasteiger partial charge on any atom is 0.407 e. The number of ether oxygens (including phenoxy) is 1. The Morgan fingerprint density at radius 1 is 1.44 bits per heavy atom. The average Bonchev–Trinajstić information content (AvgIpc) is 2.63. The Morgan fingerprint density at radius 2 is 2.17 bits per heavy atom. The topological polar surface area (TPSA) is 67.4 Å². The predicted octanol–water partition coefficient (Wildman–Crippen LogP) is 1.99. The molecule has 0 spiro atoms. The molecule has 0 saturated carbocycles. The lowest BCUT2D eigenvalue weighted by Crippen LogP contribution is -2.50. The summed E-state index contributed by atoms with van der Waals surface area (Å²) in [5, 5.41) is 5.47. The van der Waals surface area contributed by atoms with Crippen LogP contribution in [0.4, 0.5) is 10.5 Å². The molecule has 2 rings (SSSR count). The number of anilines is 1. The van der Waals surface area contributed by atoms with Crippen molar-refractivity contribution in [3.05, 3.63) is 29.8 Å². The number of nitrogens with one attached hydrogen (secondary N) is 2. The van der Waals surface area contributed by atoms with Crippen molar-refractivity contribution in [2.45, 2.75) is 25.3 Å². The van der Waals surface area contributed by atoms with E-state index in [1.807, 2.05) is 31.2 Å². The van der Waals surface area contributed by atoms with Crippen LogP contribution in [-0.4, -0.2) is 19.1 Å². The van der Waals surface area contributed by atoms with E-state index in [2.05, 4.69) is 15.4 Å². The van der Waals surface area contributed by atoms with E-state index in [1.165, 1.54) is 7.11 Å². The average molecular weight is 248 g/mol. The molecule has 1 atom stereocenters. The second-order valence-electron chi connectivity index (χ2n) is 4.27. The summed E-state index contributed by atoms with van der Waals surface area (Å²) in [6.07, 6.45) is 0.701. The molecule has 5 heteroatoms. The first-order valence-electron chi connectivity index (χ1n) is 5.91. The maximum atomic E-state index is 12.2. The molecule has 1 heterocycles. The van der Waals surface area contributed by atoms with Crippen molar-refractivity contribution in [1.29, 1.82) is 0 Å². The monoisotopic (exact) mass is 248 g/mol. The Labute approximate surface area is 106 Å². The second kappa shape index (κ2) is 4.68. The van der Waals surface area contributed by atoms with Crippen LogP contribution in [0.3, 0.4) is 0 Å². The summed E-state index contributed by atoms with van der Waals surface area (Å²) in [6, 6.07) is 7.37. The normalized spacial score (nSPS) is 21.1. The molecule has 2 N–H and O–H groups in total. The van der Waals surface area contributed by atoms with E-state index in [0.29, 0.717) is 6.42 Å². The van der Waals surface area contributed by atoms with Crippen LogP contribution >= 0.6 is 0 Å². The molecule has 1 aromatic rings. The number of alkyl carbamates (subject to hydrolysis) is 1. The SMILES string of the molecule is CCCC1(NC(=O)OC)C(=O)Nc2ccccc21. The summed E-state index contributed by atoms with van der Waals surface area (Å²) in [7, 11) is 1.29. The largest absolute Gasteiger partial charge is 0.453 e. The minimum Gasteiger partial charge on any atom is -0.453 e. The number of hydrogen-bond acceptors (Lipinski definition) is 3. The highest BCUT2D eigenvalue weighted by atomic mass is 16.5. The maximum absolute atomic E-state index is 12.2. The Hall–Kier alpha value is -2.04. The van der Waals surface area contributed by atoms with Gasteiger partial charge in [0.05, 0.1) is 7.11 Å². The Bertz CT molecular complexity index is 487. The van der Waals surface area contributed by atoms with Gasteiger partial charge in [-0.2, -0.15) is 0 Å². The molecule has 0 saturated heterocycles. The first kappa shape index (κ1) is 12.4. The number of rotatable bonds is 3. The number of fused-ring (bicyclic) bond motifs is 1. The lowest BCUT2D eigenvalue weighted by molar-refractivity contribution is -0.122. The summed E-state index contributed by atoms with van der Waals surface area (Å²) >= 11 is 0. The van der Waals surface area contributed by atoms with Gasteiger partial charge in [-0.1, -0.05) is 31.5 Å². The van der Waals surface area contributed by atoms with Gasteiger partial charge in [0, 0.05) is 11.3 Å². The molecule has 0 fully saturated rings. The van der Waals surface area contributed by atoms with Crippen molar-refractivity contribution in [1.82, 2.24) is 5.32 Å². The van der Waals surface area contributed by atoms with Gasteiger partial charge in [-0.25, -0.2) is 4.79 Å². The van der Waals surface area contributed by atoms with Crippen molar-refractivity contribution in [2.24, 2.45) is 0 Å². The van der Waals surface area contributed by atoms with Crippen molar-refractivity contribution >= 4 is 17.7 Å². The summed E-state index contributed by atoms with van der Waals surface area (Å²) in [5.74, 6) is -0.212. The number of para-hydroxylation sites is 1. The van der Waals surface area contributed by atoms with Gasteiger partial charge in [-0.3, -0.25) is 4.79 Å². The fourth-order valence-corrected chi connectivity index (χ4v) is 2.35. The van der Waals surface area contributed by atoms with Crippen molar-refractivity contribution in [3.8, 4) is 0 Å². The molecule has 5 nitrogen and oxygen atoms in total. The van der Waals surface area contributed by atoms with Gasteiger partial charge in [0.25, 0.3) is 5.91 Å². The third kappa shape index (κ3) is 1.81. The van der Waals surface area contributed by atoms with Crippen molar-refractivity contribution in [3.63, 3.8) is 0 Å². The highest BCUT2D eigenvalue weighted by molar-refractivity contribution is 6.07. The van der Waals surface area contributed by atoms with E-state index in [0.717, 1.165) is 17.7 Å². The van der Waals surface area contributed by atoms with E-state index in [9.17, 15) is 9.59 Å². The smallest absolute Gasteiger partial charge is 0.407 e. The second-order valence-corrected chi connectivity index (χ2v) is 4.27. The number of hydrogen-bond donors (Lipinski definition) is 2. The molecule has 0 bridgehead atoms. The molecular formula is C13H16N2O3. The number of benzene rings is 1. The number of carbonyl (C=O) groups is 2. The molecule has 1 aromatic carbocycles. The summed E-state index contributed by atoms with van der Waals surface area (Å²) in [5.41, 5.74) is 0.521. The molecule has 1 unspecified atom stereocenters. The third-order valence-electron chi connectivity index (χ3n) is 3.15. The van der Waals surface area contributed by atoms with Crippen LogP contribution in [0.25, 0.3) is 0 Å². The third-order valence-corrected chi connectivity index (χ3v) is 3.15. The Balaban J connectivity index is 2.46. The first-order valence-corrected chi connectivity index (χ1v) is 5.91. The van der Waals surface area contributed by atoms with Gasteiger partial charge in [0.15, 0.2) is 0 Å². The molecular weight excluding hydrogens is 232 g/mol. The molecule has 2 amide bonds. The van der Waals surface area contributed by atoms with Crippen LogP contribution in [0.1, 0.15) is 25.3 Å². The molecule has 1 aliphatic heterocycles. The first-order chi connectivity index (χ1) is 8.64. The zero-order valence-electron chi connectivity index (χ0n) is 10.4. The van der Waals surface area contributed by atoms with Crippen LogP contribution < -0.4 is 10.6 Å². The molecule has 0 aromatic heterocycles. The lowest BCUT2D eigenvalue weighted by atomic mass is 9.87. The zero-order chi connectivity index (χ0) is 13.2. The summed E-state index contributed by atoms with van der Waals surface area (Å²) < 4.78 is 4.62. The number of methoxy groups -OCH3 is 1. The fourth-order valence-electron chi connectivity index (χ4n) is 2.35. The van der Waals surface area contributed by atoms with E-state index < -0.39 is 11.6 Å². The van der Waals surface area contributed by atoms with Crippen LogP contribution in [0.2, 0.25) is 0 Å². The Morgan fingerprint density at radius 3 is 2.83 bits per heavy atom. The quantitative estimate of drug-likeness (QED) is 0.859. The van der Waals surface area contributed by atoms with E-state index >= 15 is 0 Å². The lowest BCUT2D eigenvalue weighted by Gasteiger charge is -2.27. The van der Waals surface area contributed by atoms with E-state index in [-0.39, 0.29) is 5.91 Å². The predicted molar refractivity (Wildman–Crippen MR) is 67.2 cm³/mol. The highest BCUT2D eigenvalue weighted by Gasteiger charge is 2.47. The zero-order valence-corrected chi connectivity index (χ0v) is 10.4. The summed E-state index contributed by atoms with van der Waals surface area (Å²) in [6.45, 7) is 1.97. The van der Waals surface area contributed by atoms with Gasteiger partial charge in [-0.05, 0) is 12.5 Å². The van der Waals surface area contributed by atoms with Crippen LogP contribution in [-0.2, 0) is 15.1 Å². The molecule has 0 aliphatic carbocycles. The van der Waals surface area contributed by atoms with Crippen LogP contribution in [0, 0.1) is 0 Å². The van der Waals surface area contributed by atoms with Crippen molar-refractivity contribution in [2.75, 3.05) is 12.4 Å². The number of carbonyl (C=O) groups excluding carboxylic acids is 2. The summed E-state index contributed by atoms with van der Waals surface area (Å²) in [4.78, 5) is 23.7. The van der Waals surface area contributed by atoms with Crippen LogP contribution in [0.5, 0.6) is 0 Å². The minimum atomic E-state index is -1.02. The highest BCUT2D eigenvalue weighted by Crippen LogP contribution is 2.38. The fraction of sp³-hybridized carbons (Fsp3) is 0.385. The minimum absolute atomic E-state index is 0.212. The van der Waals surface area contributed by atoms with Gasteiger partial charge >= 0.3 is 6.09 Å². The molecule has 0 radical (unpaired) electrons. The van der Waals surface area contributed by atoms with Gasteiger partial charge < -0.3 is 15.4 Å². The number of amides is 2. The van der Waals surface area contributed by atoms with Crippen LogP contribution in [0.15, 0.2) is 24.3 Å².